The highest BCUT2D eigenvalue weighted by atomic mass is 32.2. The molecule has 0 aliphatic carbocycles. The Bertz CT molecular complexity index is 1040. The van der Waals surface area contributed by atoms with E-state index in [1.807, 2.05) is 13.8 Å². The summed E-state index contributed by atoms with van der Waals surface area (Å²) < 4.78 is 40.9. The Morgan fingerprint density at radius 2 is 1.84 bits per heavy atom. The van der Waals surface area contributed by atoms with Crippen LogP contribution in [-0.4, -0.2) is 65.9 Å². The molecule has 1 fully saturated rings. The second kappa shape index (κ2) is 9.46. The molecule has 0 unspecified atom stereocenters. The van der Waals surface area contributed by atoms with Gasteiger partial charge in [0, 0.05) is 38.4 Å². The molecular formula is C20H26N4O6S. The molecule has 168 valence electrons. The van der Waals surface area contributed by atoms with Crippen molar-refractivity contribution in [3.05, 3.63) is 30.2 Å². The normalized spacial score (nSPS) is 15.1. The fourth-order valence-corrected chi connectivity index (χ4v) is 3.79. The molecule has 1 aliphatic heterocycles. The summed E-state index contributed by atoms with van der Waals surface area (Å²) in [4.78, 5) is 25.9. The Kier molecular flexibility index (Phi) is 6.94. The summed E-state index contributed by atoms with van der Waals surface area (Å²) in [6.07, 6.45) is 4.40. The molecule has 3 rings (SSSR count). The molecule has 2 aromatic heterocycles. The average molecular weight is 451 g/mol. The molecule has 0 N–H and O–H groups in total. The van der Waals surface area contributed by atoms with E-state index in [9.17, 15) is 13.2 Å². The van der Waals surface area contributed by atoms with Crippen LogP contribution in [0, 0.1) is 6.92 Å². The molecule has 1 saturated heterocycles. The molecule has 31 heavy (non-hydrogen) atoms. The van der Waals surface area contributed by atoms with Gasteiger partial charge in [-0.3, -0.25) is 0 Å². The molecule has 2 aromatic rings. The van der Waals surface area contributed by atoms with E-state index < -0.39 is 9.84 Å². The third kappa shape index (κ3) is 5.81. The van der Waals surface area contributed by atoms with E-state index in [1.54, 1.807) is 17.9 Å². The van der Waals surface area contributed by atoms with Gasteiger partial charge in [-0.25, -0.2) is 28.2 Å². The number of hydrogen-bond donors (Lipinski definition) is 0. The van der Waals surface area contributed by atoms with Crippen LogP contribution in [0.15, 0.2) is 29.7 Å². The minimum atomic E-state index is -3.57. The van der Waals surface area contributed by atoms with Gasteiger partial charge in [0.2, 0.25) is 11.8 Å². The van der Waals surface area contributed by atoms with Crippen molar-refractivity contribution in [1.29, 1.82) is 0 Å². The zero-order chi connectivity index (χ0) is 22.6. The fraction of sp³-hybridized carbons (Fsp3) is 0.500. The lowest BCUT2D eigenvalue weighted by Crippen LogP contribution is -2.42. The average Bonchev–Trinajstić information content (AvgIpc) is 2.70. The number of carbonyl (C=O) groups excluding carboxylic acids is 1. The predicted molar refractivity (Wildman–Crippen MR) is 111 cm³/mol. The number of carbonyl (C=O) groups is 1. The third-order valence-corrected chi connectivity index (χ3v) is 5.61. The van der Waals surface area contributed by atoms with Crippen LogP contribution < -0.4 is 9.47 Å². The summed E-state index contributed by atoms with van der Waals surface area (Å²) in [5, 5.41) is -0.170. The molecule has 10 nitrogen and oxygen atoms in total. The Balaban J connectivity index is 1.68. The second-order valence-corrected chi connectivity index (χ2v) is 9.46. The minimum Gasteiger partial charge on any atom is -0.474 e. The number of pyridine rings is 1. The van der Waals surface area contributed by atoms with E-state index in [1.165, 1.54) is 18.6 Å². The lowest BCUT2D eigenvalue weighted by atomic mass is 10.1. The lowest BCUT2D eigenvalue weighted by Gasteiger charge is -2.31. The van der Waals surface area contributed by atoms with Crippen LogP contribution in [0.4, 0.5) is 4.79 Å². The number of nitrogens with zero attached hydrogens (tertiary/aromatic N) is 4. The van der Waals surface area contributed by atoms with Gasteiger partial charge in [0.15, 0.2) is 20.6 Å². The van der Waals surface area contributed by atoms with Gasteiger partial charge in [0.1, 0.15) is 12.4 Å². The summed E-state index contributed by atoms with van der Waals surface area (Å²) in [6, 6.07) is 3.09. The van der Waals surface area contributed by atoms with Crippen LogP contribution in [0.25, 0.3) is 0 Å². The molecule has 0 spiro atoms. The van der Waals surface area contributed by atoms with Crippen LogP contribution in [0.2, 0.25) is 0 Å². The molecule has 1 amide bonds. The Morgan fingerprint density at radius 1 is 1.16 bits per heavy atom. The van der Waals surface area contributed by atoms with Crippen molar-refractivity contribution >= 4 is 15.9 Å². The van der Waals surface area contributed by atoms with E-state index >= 15 is 0 Å². The first-order valence-electron chi connectivity index (χ1n) is 9.92. The first-order chi connectivity index (χ1) is 14.6. The maximum Gasteiger partial charge on any atom is 0.410 e. The third-order valence-electron chi connectivity index (χ3n) is 4.60. The largest absolute Gasteiger partial charge is 0.474 e. The smallest absolute Gasteiger partial charge is 0.410 e. The van der Waals surface area contributed by atoms with Crippen molar-refractivity contribution in [3.63, 3.8) is 0 Å². The quantitative estimate of drug-likeness (QED) is 0.654. The SMILES string of the molecule is Cc1c(Oc2cccnc2S(C)(=O)=O)ncnc1OC1CCN(C(=O)OC(C)C)CC1. The van der Waals surface area contributed by atoms with Crippen molar-refractivity contribution in [1.82, 2.24) is 19.9 Å². The van der Waals surface area contributed by atoms with Gasteiger partial charge < -0.3 is 19.1 Å². The molecule has 0 aromatic carbocycles. The van der Waals surface area contributed by atoms with Gasteiger partial charge in [0.25, 0.3) is 0 Å². The number of amides is 1. The zero-order valence-corrected chi connectivity index (χ0v) is 18.8. The molecule has 1 aliphatic rings. The monoisotopic (exact) mass is 450 g/mol. The van der Waals surface area contributed by atoms with E-state index in [0.29, 0.717) is 37.4 Å². The van der Waals surface area contributed by atoms with Crippen LogP contribution in [-0.2, 0) is 14.6 Å². The molecule has 0 radical (unpaired) electrons. The van der Waals surface area contributed by atoms with Gasteiger partial charge in [-0.1, -0.05) is 0 Å². The molecule has 11 heteroatoms. The molecule has 0 atom stereocenters. The van der Waals surface area contributed by atoms with E-state index in [2.05, 4.69) is 15.0 Å². The van der Waals surface area contributed by atoms with Gasteiger partial charge in [0.05, 0.1) is 11.7 Å². The Morgan fingerprint density at radius 3 is 2.48 bits per heavy atom. The summed E-state index contributed by atoms with van der Waals surface area (Å²) in [5.41, 5.74) is 0.535. The van der Waals surface area contributed by atoms with Gasteiger partial charge in [-0.2, -0.15) is 0 Å². The molecule has 0 bridgehead atoms. The second-order valence-electron chi connectivity index (χ2n) is 7.53. The first-order valence-corrected chi connectivity index (χ1v) is 11.8. The maximum absolute atomic E-state index is 12.0. The number of sulfone groups is 1. The van der Waals surface area contributed by atoms with Gasteiger partial charge >= 0.3 is 6.09 Å². The standard InChI is InChI=1S/C20H26N4O6S/c1-13(2)28-20(25)24-10-7-15(8-11-24)29-17-14(3)18(23-12-22-17)30-16-6-5-9-21-19(16)31(4,26)27/h5-6,9,12-13,15H,7-8,10-11H2,1-4H3. The number of likely N-dealkylation sites (tertiary alicyclic amines) is 1. The van der Waals surface area contributed by atoms with Crippen LogP contribution >= 0.6 is 0 Å². The van der Waals surface area contributed by atoms with Crippen LogP contribution in [0.5, 0.6) is 17.5 Å². The molecular weight excluding hydrogens is 424 g/mol. The number of hydrogen-bond acceptors (Lipinski definition) is 9. The van der Waals surface area contributed by atoms with E-state index in [-0.39, 0.29) is 35.0 Å². The summed E-state index contributed by atoms with van der Waals surface area (Å²) in [6.45, 7) is 6.41. The summed E-state index contributed by atoms with van der Waals surface area (Å²) in [5.74, 6) is 0.605. The first kappa shape index (κ1) is 22.7. The number of rotatable bonds is 6. The highest BCUT2D eigenvalue weighted by Gasteiger charge is 2.27. The van der Waals surface area contributed by atoms with Crippen molar-refractivity contribution in [3.8, 4) is 17.5 Å². The lowest BCUT2D eigenvalue weighted by molar-refractivity contribution is 0.0505. The van der Waals surface area contributed by atoms with Crippen molar-refractivity contribution in [2.24, 2.45) is 0 Å². The Labute approximate surface area is 181 Å². The van der Waals surface area contributed by atoms with Crippen molar-refractivity contribution < 1.29 is 27.4 Å². The number of ether oxygens (including phenoxy) is 3. The molecule has 0 saturated carbocycles. The van der Waals surface area contributed by atoms with Crippen molar-refractivity contribution in [2.45, 2.75) is 50.8 Å². The van der Waals surface area contributed by atoms with Gasteiger partial charge in [-0.15, -0.1) is 0 Å². The predicted octanol–water partition coefficient (Wildman–Crippen LogP) is 2.76. The number of aromatic nitrogens is 3. The summed E-state index contributed by atoms with van der Waals surface area (Å²) in [7, 11) is -3.57. The van der Waals surface area contributed by atoms with E-state index in [4.69, 9.17) is 14.2 Å². The van der Waals surface area contributed by atoms with Crippen LogP contribution in [0.3, 0.4) is 0 Å². The van der Waals surface area contributed by atoms with E-state index in [0.717, 1.165) is 6.26 Å². The molecule has 3 heterocycles. The zero-order valence-electron chi connectivity index (χ0n) is 17.9. The Hall–Kier alpha value is -2.95. The maximum atomic E-state index is 12.0. The highest BCUT2D eigenvalue weighted by molar-refractivity contribution is 7.90. The summed E-state index contributed by atoms with van der Waals surface area (Å²) >= 11 is 0. The minimum absolute atomic E-state index is 0.0784. The fourth-order valence-electron chi connectivity index (χ4n) is 3.07. The van der Waals surface area contributed by atoms with Crippen LogP contribution in [0.1, 0.15) is 32.3 Å². The number of piperidine rings is 1. The van der Waals surface area contributed by atoms with Crippen molar-refractivity contribution in [2.75, 3.05) is 19.3 Å². The van der Waals surface area contributed by atoms with Gasteiger partial charge in [-0.05, 0) is 32.9 Å². The topological polar surface area (TPSA) is 121 Å². The highest BCUT2D eigenvalue weighted by Crippen LogP contribution is 2.31.